The molecule has 0 saturated heterocycles. The molecule has 7 nitrogen and oxygen atoms in total. The van der Waals surface area contributed by atoms with Gasteiger partial charge in [-0.05, 0) is 12.1 Å². The second kappa shape index (κ2) is 7.59. The maximum absolute atomic E-state index is 5.39. The molecule has 0 amide bonds. The molecule has 0 saturated carbocycles. The molecular formula is C13H19N5O2. The summed E-state index contributed by atoms with van der Waals surface area (Å²) in [4.78, 5) is 8.60. The maximum atomic E-state index is 5.39. The fourth-order valence-corrected chi connectivity index (χ4v) is 1.76. The van der Waals surface area contributed by atoms with Crippen molar-refractivity contribution in [2.24, 2.45) is 5.84 Å². The van der Waals surface area contributed by atoms with E-state index in [0.717, 1.165) is 16.7 Å². The van der Waals surface area contributed by atoms with Crippen LogP contribution < -0.4 is 16.6 Å². The summed E-state index contributed by atoms with van der Waals surface area (Å²) in [7, 11) is 1.65. The van der Waals surface area contributed by atoms with E-state index in [1.165, 1.54) is 0 Å². The number of benzene rings is 1. The minimum Gasteiger partial charge on any atom is -0.382 e. The lowest BCUT2D eigenvalue weighted by Crippen LogP contribution is -2.15. The number of hydrogen-bond acceptors (Lipinski definition) is 7. The van der Waals surface area contributed by atoms with Gasteiger partial charge in [-0.15, -0.1) is 0 Å². The number of methoxy groups -OCH3 is 1. The molecule has 0 radical (unpaired) electrons. The van der Waals surface area contributed by atoms with Crippen LogP contribution in [0.3, 0.4) is 0 Å². The van der Waals surface area contributed by atoms with E-state index in [1.807, 2.05) is 24.3 Å². The van der Waals surface area contributed by atoms with Crippen molar-refractivity contribution in [3.8, 4) is 0 Å². The number of aromatic nitrogens is 2. The van der Waals surface area contributed by atoms with Crippen LogP contribution in [0.4, 0.5) is 11.8 Å². The lowest BCUT2D eigenvalue weighted by Gasteiger charge is -2.10. The summed E-state index contributed by atoms with van der Waals surface area (Å²) in [5, 5.41) is 4.17. The van der Waals surface area contributed by atoms with Gasteiger partial charge in [-0.25, -0.2) is 10.8 Å². The van der Waals surface area contributed by atoms with Gasteiger partial charge >= 0.3 is 0 Å². The number of hydrazine groups is 1. The summed E-state index contributed by atoms with van der Waals surface area (Å²) in [6, 6.07) is 7.75. The first-order valence-corrected chi connectivity index (χ1v) is 6.39. The van der Waals surface area contributed by atoms with Crippen LogP contribution in [-0.2, 0) is 9.47 Å². The fourth-order valence-electron chi connectivity index (χ4n) is 1.76. The highest BCUT2D eigenvalue weighted by Gasteiger charge is 2.05. The van der Waals surface area contributed by atoms with Gasteiger partial charge < -0.3 is 14.8 Å². The van der Waals surface area contributed by atoms with Crippen LogP contribution in [0.15, 0.2) is 24.3 Å². The Morgan fingerprint density at radius 2 is 2.00 bits per heavy atom. The van der Waals surface area contributed by atoms with Crippen molar-refractivity contribution >= 4 is 22.7 Å². The molecule has 2 aromatic rings. The van der Waals surface area contributed by atoms with E-state index in [9.17, 15) is 0 Å². The molecule has 1 aromatic heterocycles. The molecule has 0 aliphatic rings. The topological polar surface area (TPSA) is 94.3 Å². The Balaban J connectivity index is 2.01. The number of nitrogens with zero attached hydrogens (tertiary/aromatic N) is 2. The highest BCUT2D eigenvalue weighted by molar-refractivity contribution is 5.89. The second-order valence-corrected chi connectivity index (χ2v) is 4.09. The maximum Gasteiger partial charge on any atom is 0.239 e. The highest BCUT2D eigenvalue weighted by Crippen LogP contribution is 2.21. The Hall–Kier alpha value is -1.96. The Morgan fingerprint density at radius 3 is 2.80 bits per heavy atom. The first-order valence-electron chi connectivity index (χ1n) is 6.39. The summed E-state index contributed by atoms with van der Waals surface area (Å²) in [6.07, 6.45) is 0. The smallest absolute Gasteiger partial charge is 0.239 e. The Bertz CT molecular complexity index is 549. The van der Waals surface area contributed by atoms with Crippen LogP contribution >= 0.6 is 0 Å². The molecular weight excluding hydrogens is 258 g/mol. The van der Waals surface area contributed by atoms with Gasteiger partial charge in [0.25, 0.3) is 0 Å². The molecule has 20 heavy (non-hydrogen) atoms. The minimum atomic E-state index is 0.381. The Kier molecular flexibility index (Phi) is 5.48. The quantitative estimate of drug-likeness (QED) is 0.376. The first kappa shape index (κ1) is 14.4. The largest absolute Gasteiger partial charge is 0.382 e. The summed E-state index contributed by atoms with van der Waals surface area (Å²) in [5.41, 5.74) is 3.30. The normalized spacial score (nSPS) is 10.7. The van der Waals surface area contributed by atoms with Crippen LogP contribution in [0.5, 0.6) is 0 Å². The fraction of sp³-hybridized carbons (Fsp3) is 0.385. The molecule has 0 atom stereocenters. The summed E-state index contributed by atoms with van der Waals surface area (Å²) < 4.78 is 10.3. The van der Waals surface area contributed by atoms with Crippen molar-refractivity contribution in [1.29, 1.82) is 0 Å². The number of anilines is 2. The van der Waals surface area contributed by atoms with Gasteiger partial charge in [-0.2, -0.15) is 4.98 Å². The predicted molar refractivity (Wildman–Crippen MR) is 78.5 cm³/mol. The number of nitrogen functional groups attached to an aromatic ring is 1. The lowest BCUT2D eigenvalue weighted by atomic mass is 10.2. The van der Waals surface area contributed by atoms with Crippen LogP contribution in [0, 0.1) is 0 Å². The van der Waals surface area contributed by atoms with E-state index in [4.69, 9.17) is 15.3 Å². The second-order valence-electron chi connectivity index (χ2n) is 4.09. The molecule has 0 bridgehead atoms. The summed E-state index contributed by atoms with van der Waals surface area (Å²) >= 11 is 0. The highest BCUT2D eigenvalue weighted by atomic mass is 16.5. The van der Waals surface area contributed by atoms with E-state index < -0.39 is 0 Å². The average molecular weight is 277 g/mol. The summed E-state index contributed by atoms with van der Waals surface area (Å²) in [5.74, 6) is 6.49. The van der Waals surface area contributed by atoms with E-state index in [0.29, 0.717) is 32.3 Å². The molecule has 0 spiro atoms. The van der Waals surface area contributed by atoms with Crippen molar-refractivity contribution in [3.63, 3.8) is 0 Å². The Morgan fingerprint density at radius 1 is 1.15 bits per heavy atom. The van der Waals surface area contributed by atoms with Gasteiger partial charge in [0, 0.05) is 19.0 Å². The molecule has 0 unspecified atom stereocenters. The molecule has 1 aromatic carbocycles. The third-order valence-corrected chi connectivity index (χ3v) is 2.70. The van der Waals surface area contributed by atoms with Gasteiger partial charge in [-0.3, -0.25) is 5.43 Å². The monoisotopic (exact) mass is 277 g/mol. The molecule has 0 aliphatic heterocycles. The molecule has 4 N–H and O–H groups in total. The number of fused-ring (bicyclic) bond motifs is 1. The van der Waals surface area contributed by atoms with E-state index in [-0.39, 0.29) is 0 Å². The van der Waals surface area contributed by atoms with Gasteiger partial charge in [-0.1, -0.05) is 12.1 Å². The van der Waals surface area contributed by atoms with E-state index >= 15 is 0 Å². The minimum absolute atomic E-state index is 0.381. The van der Waals surface area contributed by atoms with Crippen molar-refractivity contribution in [2.45, 2.75) is 0 Å². The van der Waals surface area contributed by atoms with Crippen molar-refractivity contribution in [3.05, 3.63) is 24.3 Å². The summed E-state index contributed by atoms with van der Waals surface area (Å²) in [6.45, 7) is 2.40. The van der Waals surface area contributed by atoms with Crippen LogP contribution in [0.25, 0.3) is 10.9 Å². The zero-order valence-electron chi connectivity index (χ0n) is 11.4. The van der Waals surface area contributed by atoms with Crippen LogP contribution in [0.1, 0.15) is 0 Å². The van der Waals surface area contributed by atoms with Crippen molar-refractivity contribution in [2.75, 3.05) is 44.2 Å². The SMILES string of the molecule is COCCOCCNc1nc(NN)nc2ccccc12. The average Bonchev–Trinajstić information content (AvgIpc) is 2.50. The van der Waals surface area contributed by atoms with Crippen molar-refractivity contribution < 1.29 is 9.47 Å². The van der Waals surface area contributed by atoms with E-state index in [1.54, 1.807) is 7.11 Å². The van der Waals surface area contributed by atoms with Crippen LogP contribution in [0.2, 0.25) is 0 Å². The predicted octanol–water partition coefficient (Wildman–Crippen LogP) is 0.990. The molecule has 1 heterocycles. The van der Waals surface area contributed by atoms with Gasteiger partial charge in [0.15, 0.2) is 0 Å². The molecule has 7 heteroatoms. The zero-order chi connectivity index (χ0) is 14.2. The number of para-hydroxylation sites is 1. The van der Waals surface area contributed by atoms with Gasteiger partial charge in [0.2, 0.25) is 5.95 Å². The molecule has 0 aliphatic carbocycles. The number of nitrogens with one attached hydrogen (secondary N) is 2. The Labute approximate surface area is 117 Å². The van der Waals surface area contributed by atoms with Gasteiger partial charge in [0.1, 0.15) is 5.82 Å². The number of hydrogen-bond donors (Lipinski definition) is 3. The van der Waals surface area contributed by atoms with Crippen molar-refractivity contribution in [1.82, 2.24) is 9.97 Å². The first-order chi connectivity index (χ1) is 9.85. The van der Waals surface area contributed by atoms with E-state index in [2.05, 4.69) is 20.7 Å². The third-order valence-electron chi connectivity index (χ3n) is 2.70. The zero-order valence-corrected chi connectivity index (χ0v) is 11.4. The number of ether oxygens (including phenoxy) is 2. The van der Waals surface area contributed by atoms with Crippen LogP contribution in [-0.4, -0.2) is 43.4 Å². The third kappa shape index (κ3) is 3.77. The number of nitrogens with two attached hydrogens (primary N) is 1. The lowest BCUT2D eigenvalue weighted by molar-refractivity contribution is 0.0759. The van der Waals surface area contributed by atoms with Gasteiger partial charge in [0.05, 0.1) is 25.3 Å². The molecule has 108 valence electrons. The standard InChI is InChI=1S/C13H19N5O2/c1-19-8-9-20-7-6-15-12-10-4-2-3-5-11(10)16-13(17-12)18-14/h2-5H,6-9,14H2,1H3,(H2,15,16,17,18). The number of rotatable bonds is 8. The molecule has 2 rings (SSSR count). The molecule has 0 fully saturated rings.